The summed E-state index contributed by atoms with van der Waals surface area (Å²) in [7, 11) is 1.62. The van der Waals surface area contributed by atoms with Gasteiger partial charge in [0.15, 0.2) is 5.78 Å². The van der Waals surface area contributed by atoms with Crippen molar-refractivity contribution in [3.63, 3.8) is 0 Å². The van der Waals surface area contributed by atoms with Crippen LogP contribution < -0.4 is 4.74 Å². The Balaban J connectivity index is 2.12. The van der Waals surface area contributed by atoms with Crippen molar-refractivity contribution in [1.29, 1.82) is 0 Å². The number of hydrogen-bond donors (Lipinski definition) is 0. The molecule has 1 heterocycles. The first-order valence-corrected chi connectivity index (χ1v) is 7.40. The van der Waals surface area contributed by atoms with Gasteiger partial charge in [0.1, 0.15) is 5.75 Å². The largest absolute Gasteiger partial charge is 0.496 e. The lowest BCUT2D eigenvalue weighted by molar-refractivity contribution is 0.104. The number of halogens is 1. The molecule has 0 spiro atoms. The zero-order valence-electron chi connectivity index (χ0n) is 12.2. The Labute approximate surface area is 132 Å². The lowest BCUT2D eigenvalue weighted by Gasteiger charge is -2.03. The standard InChI is InChI=1S/C16H17BrN2O2/c1-11(2)19-10-13(9-18-19)15(20)6-4-12-5-7-16(21-3)14(17)8-12/h4-11H,1-3H3/b6-4+. The number of rotatable bonds is 5. The van der Waals surface area contributed by atoms with Crippen LogP contribution in [-0.4, -0.2) is 22.7 Å². The molecule has 0 aliphatic rings. The van der Waals surface area contributed by atoms with E-state index in [1.54, 1.807) is 36.3 Å². The Hall–Kier alpha value is -1.88. The topological polar surface area (TPSA) is 44.1 Å². The van der Waals surface area contributed by atoms with Crippen molar-refractivity contribution in [2.75, 3.05) is 7.11 Å². The minimum Gasteiger partial charge on any atom is -0.496 e. The van der Waals surface area contributed by atoms with E-state index < -0.39 is 0 Å². The van der Waals surface area contributed by atoms with Crippen molar-refractivity contribution in [3.8, 4) is 5.75 Å². The normalized spacial score (nSPS) is 11.3. The third-order valence-electron chi connectivity index (χ3n) is 3.02. The molecule has 0 bridgehead atoms. The second-order valence-electron chi connectivity index (χ2n) is 4.89. The van der Waals surface area contributed by atoms with E-state index in [1.807, 2.05) is 32.0 Å². The number of carbonyl (C=O) groups is 1. The Morgan fingerprint density at radius 3 is 2.76 bits per heavy atom. The third kappa shape index (κ3) is 3.82. The summed E-state index contributed by atoms with van der Waals surface area (Å²) < 4.78 is 7.79. The highest BCUT2D eigenvalue weighted by Gasteiger charge is 2.07. The van der Waals surface area contributed by atoms with Gasteiger partial charge in [0.2, 0.25) is 0 Å². The maximum atomic E-state index is 12.1. The fourth-order valence-electron chi connectivity index (χ4n) is 1.80. The summed E-state index contributed by atoms with van der Waals surface area (Å²) in [5, 5.41) is 4.17. The highest BCUT2D eigenvalue weighted by atomic mass is 79.9. The molecule has 2 rings (SSSR count). The van der Waals surface area contributed by atoms with Crippen molar-refractivity contribution in [2.45, 2.75) is 19.9 Å². The number of hydrogen-bond acceptors (Lipinski definition) is 3. The number of nitrogens with zero attached hydrogens (tertiary/aromatic N) is 2. The molecule has 0 atom stereocenters. The van der Waals surface area contributed by atoms with Gasteiger partial charge in [-0.1, -0.05) is 12.1 Å². The quantitative estimate of drug-likeness (QED) is 0.602. The molecule has 0 fully saturated rings. The Morgan fingerprint density at radius 2 is 2.19 bits per heavy atom. The van der Waals surface area contributed by atoms with E-state index in [0.717, 1.165) is 15.8 Å². The Kier molecular flexibility index (Phi) is 4.96. The predicted molar refractivity (Wildman–Crippen MR) is 86.7 cm³/mol. The molecule has 2 aromatic rings. The van der Waals surface area contributed by atoms with Gasteiger partial charge in [0, 0.05) is 12.2 Å². The van der Waals surface area contributed by atoms with Crippen LogP contribution in [0.3, 0.4) is 0 Å². The number of ether oxygens (including phenoxy) is 1. The second kappa shape index (κ2) is 6.72. The van der Waals surface area contributed by atoms with E-state index in [1.165, 1.54) is 0 Å². The average Bonchev–Trinajstić information content (AvgIpc) is 2.95. The van der Waals surface area contributed by atoms with Gasteiger partial charge in [0.05, 0.1) is 23.3 Å². The predicted octanol–water partition coefficient (Wildman–Crippen LogP) is 4.13. The fourth-order valence-corrected chi connectivity index (χ4v) is 2.36. The molecule has 110 valence electrons. The maximum Gasteiger partial charge on any atom is 0.189 e. The number of benzene rings is 1. The summed E-state index contributed by atoms with van der Waals surface area (Å²) in [5.41, 5.74) is 1.51. The monoisotopic (exact) mass is 348 g/mol. The number of allylic oxidation sites excluding steroid dienone is 1. The van der Waals surface area contributed by atoms with Crippen LogP contribution in [0.4, 0.5) is 0 Å². The van der Waals surface area contributed by atoms with Gasteiger partial charge >= 0.3 is 0 Å². The highest BCUT2D eigenvalue weighted by molar-refractivity contribution is 9.10. The van der Waals surface area contributed by atoms with E-state index in [4.69, 9.17) is 4.74 Å². The van der Waals surface area contributed by atoms with Crippen molar-refractivity contribution in [3.05, 3.63) is 52.3 Å². The number of ketones is 1. The smallest absolute Gasteiger partial charge is 0.189 e. The average molecular weight is 349 g/mol. The van der Waals surface area contributed by atoms with Crippen LogP contribution in [-0.2, 0) is 0 Å². The van der Waals surface area contributed by atoms with E-state index >= 15 is 0 Å². The van der Waals surface area contributed by atoms with Gasteiger partial charge in [-0.2, -0.15) is 5.10 Å². The van der Waals surface area contributed by atoms with Crippen molar-refractivity contribution < 1.29 is 9.53 Å². The molecule has 4 nitrogen and oxygen atoms in total. The van der Waals surface area contributed by atoms with Crippen molar-refractivity contribution in [2.24, 2.45) is 0 Å². The molecule has 21 heavy (non-hydrogen) atoms. The van der Waals surface area contributed by atoms with Gasteiger partial charge in [-0.15, -0.1) is 0 Å². The van der Waals surface area contributed by atoms with E-state index in [9.17, 15) is 4.79 Å². The summed E-state index contributed by atoms with van der Waals surface area (Å²) >= 11 is 3.42. The SMILES string of the molecule is COc1ccc(/C=C/C(=O)c2cnn(C(C)C)c2)cc1Br. The fraction of sp³-hybridized carbons (Fsp3) is 0.250. The highest BCUT2D eigenvalue weighted by Crippen LogP contribution is 2.26. The van der Waals surface area contributed by atoms with Crippen LogP contribution in [0.25, 0.3) is 6.08 Å². The number of carbonyl (C=O) groups excluding carboxylic acids is 1. The summed E-state index contributed by atoms with van der Waals surface area (Å²) in [6.07, 6.45) is 6.69. The van der Waals surface area contributed by atoms with Crippen LogP contribution in [0.5, 0.6) is 5.75 Å². The molecule has 1 aromatic heterocycles. The zero-order valence-corrected chi connectivity index (χ0v) is 13.8. The first-order valence-electron chi connectivity index (χ1n) is 6.61. The molecule has 0 radical (unpaired) electrons. The molecule has 0 N–H and O–H groups in total. The zero-order chi connectivity index (χ0) is 15.4. The summed E-state index contributed by atoms with van der Waals surface area (Å²) in [6.45, 7) is 4.04. The van der Waals surface area contributed by atoms with E-state index in [2.05, 4.69) is 21.0 Å². The first-order chi connectivity index (χ1) is 10.0. The van der Waals surface area contributed by atoms with Gasteiger partial charge in [0.25, 0.3) is 0 Å². The minimum atomic E-state index is -0.0613. The van der Waals surface area contributed by atoms with Crippen LogP contribution in [0.1, 0.15) is 35.8 Å². The molecule has 0 saturated carbocycles. The lowest BCUT2D eigenvalue weighted by atomic mass is 10.1. The van der Waals surface area contributed by atoms with Crippen molar-refractivity contribution in [1.82, 2.24) is 9.78 Å². The molecular weight excluding hydrogens is 332 g/mol. The second-order valence-corrected chi connectivity index (χ2v) is 5.75. The molecule has 0 unspecified atom stereocenters. The van der Waals surface area contributed by atoms with E-state index in [0.29, 0.717) is 5.56 Å². The van der Waals surface area contributed by atoms with Crippen molar-refractivity contribution >= 4 is 27.8 Å². The summed E-state index contributed by atoms with van der Waals surface area (Å²) in [6, 6.07) is 5.89. The van der Waals surface area contributed by atoms with Gasteiger partial charge in [-0.25, -0.2) is 0 Å². The van der Waals surface area contributed by atoms with E-state index in [-0.39, 0.29) is 11.8 Å². The number of aromatic nitrogens is 2. The third-order valence-corrected chi connectivity index (χ3v) is 3.64. The van der Waals surface area contributed by atoms with Crippen LogP contribution in [0, 0.1) is 0 Å². The first kappa shape index (κ1) is 15.5. The molecule has 5 heteroatoms. The Bertz CT molecular complexity index is 675. The molecular formula is C16H17BrN2O2. The minimum absolute atomic E-state index is 0.0613. The number of methoxy groups -OCH3 is 1. The van der Waals surface area contributed by atoms with Crippen LogP contribution in [0.2, 0.25) is 0 Å². The summed E-state index contributed by atoms with van der Waals surface area (Å²) in [5.74, 6) is 0.700. The van der Waals surface area contributed by atoms with Gasteiger partial charge in [-0.05, 0) is 53.5 Å². The Morgan fingerprint density at radius 1 is 1.43 bits per heavy atom. The van der Waals surface area contributed by atoms with Gasteiger partial charge in [-0.3, -0.25) is 9.48 Å². The van der Waals surface area contributed by atoms with Crippen LogP contribution in [0.15, 0.2) is 41.1 Å². The maximum absolute atomic E-state index is 12.1. The molecule has 0 aliphatic heterocycles. The van der Waals surface area contributed by atoms with Gasteiger partial charge < -0.3 is 4.74 Å². The summed E-state index contributed by atoms with van der Waals surface area (Å²) in [4.78, 5) is 12.1. The molecule has 1 aromatic carbocycles. The molecule has 0 aliphatic carbocycles. The lowest BCUT2D eigenvalue weighted by Crippen LogP contribution is -2.00. The molecule has 0 amide bonds. The molecule has 0 saturated heterocycles. The van der Waals surface area contributed by atoms with Crippen LogP contribution >= 0.6 is 15.9 Å².